The maximum Gasteiger partial charge on any atom is 0.277 e. The second-order valence-electron chi connectivity index (χ2n) is 7.45. The van der Waals surface area contributed by atoms with Gasteiger partial charge in [-0.3, -0.25) is 9.59 Å². The number of halogens is 1. The summed E-state index contributed by atoms with van der Waals surface area (Å²) in [5.74, 6) is 0.811. The van der Waals surface area contributed by atoms with Crippen molar-refractivity contribution in [1.29, 1.82) is 0 Å². The number of nitrogens with zero attached hydrogens (tertiary/aromatic N) is 4. The van der Waals surface area contributed by atoms with Gasteiger partial charge in [0.1, 0.15) is 17.4 Å². The van der Waals surface area contributed by atoms with Crippen molar-refractivity contribution in [3.05, 3.63) is 41.1 Å². The predicted octanol–water partition coefficient (Wildman–Crippen LogP) is 0.768. The molecular weight excluding hydrogens is 460 g/mol. The summed E-state index contributed by atoms with van der Waals surface area (Å²) in [5.41, 5.74) is 13.1. The summed E-state index contributed by atoms with van der Waals surface area (Å²) in [7, 11) is 0. The number of ether oxygens (including phenoxy) is 1. The molecule has 0 atom stereocenters. The minimum Gasteiger partial charge on any atom is -0.484 e. The molecule has 2 amide bonds. The van der Waals surface area contributed by atoms with Crippen molar-refractivity contribution in [3.8, 4) is 5.75 Å². The van der Waals surface area contributed by atoms with Gasteiger partial charge < -0.3 is 26.8 Å². The largest absolute Gasteiger partial charge is 0.484 e. The molecule has 2 heterocycles. The molecule has 0 unspecified atom stereocenters. The number of carbonyl (C=O) groups is 2. The molecule has 0 radical (unpaired) electrons. The quantitative estimate of drug-likeness (QED) is 0.229. The van der Waals surface area contributed by atoms with Gasteiger partial charge in [-0.05, 0) is 38.9 Å². The topological polar surface area (TPSA) is 154 Å². The highest BCUT2D eigenvalue weighted by Crippen LogP contribution is 2.22. The number of rotatable bonds is 11. The van der Waals surface area contributed by atoms with E-state index >= 15 is 0 Å². The molecule has 0 spiro atoms. The number of nitrogens with two attached hydrogens (primary N) is 2. The highest BCUT2D eigenvalue weighted by atomic mass is 35.5. The molecule has 11 nitrogen and oxygen atoms in total. The number of aromatic nitrogens is 4. The molecule has 34 heavy (non-hydrogen) atoms. The second-order valence-corrected chi connectivity index (χ2v) is 7.83. The lowest BCUT2D eigenvalue weighted by Crippen LogP contribution is -2.40. The number of nitrogens with one attached hydrogen (secondary N) is 2. The minimum absolute atomic E-state index is 0.00941. The first-order chi connectivity index (χ1) is 16.4. The van der Waals surface area contributed by atoms with Crippen LogP contribution < -0.4 is 31.4 Å². The van der Waals surface area contributed by atoms with Gasteiger partial charge in [0.2, 0.25) is 0 Å². The fourth-order valence-electron chi connectivity index (χ4n) is 3.67. The average Bonchev–Trinajstić information content (AvgIpc) is 3.14. The van der Waals surface area contributed by atoms with Gasteiger partial charge in [0.05, 0.1) is 19.3 Å². The maximum atomic E-state index is 12.7. The Bertz CT molecular complexity index is 1180. The van der Waals surface area contributed by atoms with Crippen LogP contribution in [0.3, 0.4) is 0 Å². The first kappa shape index (κ1) is 25.2. The number of benzene rings is 1. The molecule has 182 valence electrons. The Morgan fingerprint density at radius 3 is 2.76 bits per heavy atom. The van der Waals surface area contributed by atoms with Crippen LogP contribution in [0.4, 0.5) is 5.82 Å². The van der Waals surface area contributed by atoms with Gasteiger partial charge in [0.25, 0.3) is 17.6 Å². The molecular formula is C22H30ClN8O3+. The molecule has 0 bridgehead atoms. The molecule has 3 aromatic rings. The Labute approximate surface area is 202 Å². The normalized spacial score (nSPS) is 10.9. The number of imidazole rings is 1. The predicted molar refractivity (Wildman–Crippen MR) is 128 cm³/mol. The van der Waals surface area contributed by atoms with Crippen molar-refractivity contribution in [1.82, 2.24) is 25.2 Å². The van der Waals surface area contributed by atoms with Crippen LogP contribution in [0.1, 0.15) is 36.6 Å². The van der Waals surface area contributed by atoms with Gasteiger partial charge in [-0.1, -0.05) is 11.6 Å². The average molecular weight is 490 g/mol. The Kier molecular flexibility index (Phi) is 8.61. The van der Waals surface area contributed by atoms with Crippen molar-refractivity contribution in [2.24, 2.45) is 5.73 Å². The van der Waals surface area contributed by atoms with Gasteiger partial charge in [-0.25, -0.2) is 19.1 Å². The number of hydrogen-bond acceptors (Lipinski definition) is 7. The van der Waals surface area contributed by atoms with Crippen LogP contribution in [0, 0.1) is 0 Å². The molecule has 3 rings (SSSR count). The standard InChI is InChI=1S/C22H29ClN8O3/c1-3-30-15-7-6-14(34-13-18(32)26-9-5-8-24)10-16(15)31(4-2)19(30)12-28-22(33)20-21(25)27-11-17(23)29-20/h6-7,10-11H,3-5,8-9,12-13,24H2,1-2H3,(H3-,25,26,27,28,32,33)/p+1. The lowest BCUT2D eigenvalue weighted by Gasteiger charge is -2.07. The SMILES string of the molecule is CCn1c(CNC(=O)c2nc(Cl)cnc2N)[n+](CC)c2ccc(OCC(=O)NCCCN)cc21. The summed E-state index contributed by atoms with van der Waals surface area (Å²) in [4.78, 5) is 32.5. The van der Waals surface area contributed by atoms with E-state index in [2.05, 4.69) is 29.7 Å². The number of hydrogen-bond donors (Lipinski definition) is 4. The number of fused-ring (bicyclic) bond motifs is 1. The number of anilines is 1. The van der Waals surface area contributed by atoms with Gasteiger partial charge in [-0.2, -0.15) is 0 Å². The van der Waals surface area contributed by atoms with E-state index in [1.165, 1.54) is 6.20 Å². The molecule has 0 fully saturated rings. The zero-order valence-corrected chi connectivity index (χ0v) is 20.1. The molecule has 0 saturated carbocycles. The highest BCUT2D eigenvalue weighted by molar-refractivity contribution is 6.29. The van der Waals surface area contributed by atoms with Crippen LogP contribution >= 0.6 is 11.6 Å². The summed E-state index contributed by atoms with van der Waals surface area (Å²) in [6.45, 7) is 6.60. The van der Waals surface area contributed by atoms with Gasteiger partial charge in [0, 0.05) is 12.6 Å². The third-order valence-corrected chi connectivity index (χ3v) is 5.43. The van der Waals surface area contributed by atoms with Crippen molar-refractivity contribution in [2.45, 2.75) is 39.9 Å². The van der Waals surface area contributed by atoms with Crippen LogP contribution in [0.15, 0.2) is 24.4 Å². The van der Waals surface area contributed by atoms with Crippen LogP contribution in [-0.4, -0.2) is 46.0 Å². The lowest BCUT2D eigenvalue weighted by atomic mass is 10.3. The van der Waals surface area contributed by atoms with Crippen molar-refractivity contribution in [3.63, 3.8) is 0 Å². The van der Waals surface area contributed by atoms with E-state index < -0.39 is 5.91 Å². The molecule has 6 N–H and O–H groups in total. The lowest BCUT2D eigenvalue weighted by molar-refractivity contribution is -0.676. The zero-order chi connectivity index (χ0) is 24.7. The van der Waals surface area contributed by atoms with Gasteiger partial charge in [0.15, 0.2) is 29.2 Å². The second kappa shape index (κ2) is 11.6. The zero-order valence-electron chi connectivity index (χ0n) is 19.3. The van der Waals surface area contributed by atoms with Crippen molar-refractivity contribution in [2.75, 3.05) is 25.4 Å². The summed E-state index contributed by atoms with van der Waals surface area (Å²) >= 11 is 5.86. The number of nitrogen functional groups attached to an aromatic ring is 1. The Hall–Kier alpha value is -3.44. The molecule has 12 heteroatoms. The van der Waals surface area contributed by atoms with Crippen LogP contribution in [0.25, 0.3) is 11.0 Å². The summed E-state index contributed by atoms with van der Waals surface area (Å²) in [6.07, 6.45) is 2.01. The van der Waals surface area contributed by atoms with E-state index in [-0.39, 0.29) is 35.7 Å². The summed E-state index contributed by atoms with van der Waals surface area (Å²) in [5, 5.41) is 5.71. The number of carbonyl (C=O) groups excluding carboxylic acids is 2. The molecule has 2 aromatic heterocycles. The summed E-state index contributed by atoms with van der Waals surface area (Å²) in [6, 6.07) is 5.66. The minimum atomic E-state index is -0.465. The molecule has 1 aromatic carbocycles. The van der Waals surface area contributed by atoms with E-state index in [0.29, 0.717) is 38.3 Å². The monoisotopic (exact) mass is 489 g/mol. The molecule has 0 aliphatic heterocycles. The van der Waals surface area contributed by atoms with Gasteiger partial charge >= 0.3 is 0 Å². The Balaban J connectivity index is 1.80. The number of aryl methyl sites for hydroxylation is 2. The third-order valence-electron chi connectivity index (χ3n) is 5.25. The van der Waals surface area contributed by atoms with Crippen molar-refractivity contribution >= 4 is 40.3 Å². The maximum absolute atomic E-state index is 12.7. The van der Waals surface area contributed by atoms with Crippen LogP contribution in [-0.2, 0) is 24.4 Å². The highest BCUT2D eigenvalue weighted by Gasteiger charge is 2.25. The van der Waals surface area contributed by atoms with Gasteiger partial charge in [-0.15, -0.1) is 0 Å². The first-order valence-corrected chi connectivity index (χ1v) is 11.5. The van der Waals surface area contributed by atoms with E-state index in [4.69, 9.17) is 27.8 Å². The summed E-state index contributed by atoms with van der Waals surface area (Å²) < 4.78 is 9.88. The van der Waals surface area contributed by atoms with E-state index in [0.717, 1.165) is 16.9 Å². The van der Waals surface area contributed by atoms with E-state index in [1.54, 1.807) is 0 Å². The van der Waals surface area contributed by atoms with E-state index in [9.17, 15) is 9.59 Å². The fourth-order valence-corrected chi connectivity index (χ4v) is 3.81. The Morgan fingerprint density at radius 1 is 1.26 bits per heavy atom. The number of amides is 2. The van der Waals surface area contributed by atoms with E-state index in [1.807, 2.05) is 32.0 Å². The molecule has 0 aliphatic rings. The Morgan fingerprint density at radius 2 is 2.06 bits per heavy atom. The third kappa shape index (κ3) is 5.72. The molecule has 0 saturated heterocycles. The van der Waals surface area contributed by atoms with Crippen molar-refractivity contribution < 1.29 is 18.9 Å². The smallest absolute Gasteiger partial charge is 0.277 e. The molecule has 0 aliphatic carbocycles. The van der Waals surface area contributed by atoms with Crippen LogP contribution in [0.5, 0.6) is 5.75 Å². The fraction of sp³-hybridized carbons (Fsp3) is 0.409. The van der Waals surface area contributed by atoms with Crippen LogP contribution in [0.2, 0.25) is 5.15 Å². The first-order valence-electron chi connectivity index (χ1n) is 11.1.